The summed E-state index contributed by atoms with van der Waals surface area (Å²) in [6.07, 6.45) is 0.713. The van der Waals surface area contributed by atoms with Crippen LogP contribution in [0.2, 0.25) is 0 Å². The van der Waals surface area contributed by atoms with Gasteiger partial charge in [0.1, 0.15) is 5.76 Å². The lowest BCUT2D eigenvalue weighted by Crippen LogP contribution is -2.30. The van der Waals surface area contributed by atoms with Gasteiger partial charge in [-0.15, -0.1) is 0 Å². The first-order valence-electron chi connectivity index (χ1n) is 11.0. The van der Waals surface area contributed by atoms with E-state index in [0.29, 0.717) is 17.9 Å². The molecule has 1 aliphatic heterocycles. The molecule has 0 saturated carbocycles. The molecule has 2 aromatic carbocycles. The molecule has 34 heavy (non-hydrogen) atoms. The zero-order valence-electron chi connectivity index (χ0n) is 19.1. The third kappa shape index (κ3) is 4.92. The number of carbonyl (C=O) groups excluding carboxylic acids is 1. The van der Waals surface area contributed by atoms with E-state index in [1.54, 1.807) is 6.07 Å². The molecule has 0 saturated heterocycles. The van der Waals surface area contributed by atoms with Gasteiger partial charge in [0, 0.05) is 19.2 Å². The zero-order valence-corrected chi connectivity index (χ0v) is 19.1. The molecule has 0 aliphatic carbocycles. The first kappa shape index (κ1) is 23.4. The van der Waals surface area contributed by atoms with Crippen molar-refractivity contribution in [1.29, 1.82) is 0 Å². The van der Waals surface area contributed by atoms with Gasteiger partial charge >= 0.3 is 5.97 Å². The van der Waals surface area contributed by atoms with Crippen LogP contribution in [-0.4, -0.2) is 41.8 Å². The Morgan fingerprint density at radius 2 is 1.88 bits per heavy atom. The van der Waals surface area contributed by atoms with Crippen LogP contribution in [0.25, 0.3) is 0 Å². The lowest BCUT2D eigenvalue weighted by molar-refractivity contribution is -0.140. The summed E-state index contributed by atoms with van der Waals surface area (Å²) in [5, 5.41) is 20.6. The lowest BCUT2D eigenvalue weighted by Gasteiger charge is -2.28. The SMILES string of the molecule is COC(=O)CC(c1ccc(O)c(OC)c1)c1oc(CN2CCc3ccccc3C2)cc(=O)c1O. The summed E-state index contributed by atoms with van der Waals surface area (Å²) in [6, 6.07) is 14.1. The third-order valence-electron chi connectivity index (χ3n) is 6.11. The Labute approximate surface area is 197 Å². The van der Waals surface area contributed by atoms with Crippen molar-refractivity contribution in [2.45, 2.75) is 31.8 Å². The number of benzene rings is 2. The highest BCUT2D eigenvalue weighted by Crippen LogP contribution is 2.37. The number of nitrogens with zero attached hydrogens (tertiary/aromatic N) is 1. The number of fused-ring (bicyclic) bond motifs is 1. The highest BCUT2D eigenvalue weighted by molar-refractivity contribution is 5.71. The highest BCUT2D eigenvalue weighted by atomic mass is 16.5. The Morgan fingerprint density at radius 3 is 2.62 bits per heavy atom. The molecular weight excluding hydrogens is 438 g/mol. The largest absolute Gasteiger partial charge is 0.504 e. The number of esters is 1. The second-order valence-electron chi connectivity index (χ2n) is 8.28. The van der Waals surface area contributed by atoms with E-state index < -0.39 is 23.1 Å². The molecule has 8 heteroatoms. The third-order valence-corrected chi connectivity index (χ3v) is 6.11. The summed E-state index contributed by atoms with van der Waals surface area (Å²) in [7, 11) is 2.67. The van der Waals surface area contributed by atoms with Crippen molar-refractivity contribution in [3.63, 3.8) is 0 Å². The van der Waals surface area contributed by atoms with Gasteiger partial charge in [-0.05, 0) is 35.2 Å². The molecule has 4 rings (SSSR count). The van der Waals surface area contributed by atoms with Gasteiger partial charge in [-0.1, -0.05) is 30.3 Å². The normalized spacial score (nSPS) is 14.3. The average Bonchev–Trinajstić information content (AvgIpc) is 2.85. The van der Waals surface area contributed by atoms with E-state index in [1.807, 2.05) is 12.1 Å². The van der Waals surface area contributed by atoms with Crippen molar-refractivity contribution in [2.75, 3.05) is 20.8 Å². The summed E-state index contributed by atoms with van der Waals surface area (Å²) in [5.41, 5.74) is 2.47. The average molecular weight is 466 g/mol. The van der Waals surface area contributed by atoms with Gasteiger partial charge in [0.15, 0.2) is 17.3 Å². The summed E-state index contributed by atoms with van der Waals surface area (Å²) < 4.78 is 16.1. The van der Waals surface area contributed by atoms with E-state index in [1.165, 1.54) is 43.5 Å². The van der Waals surface area contributed by atoms with Gasteiger partial charge in [-0.25, -0.2) is 0 Å². The maximum atomic E-state index is 12.7. The first-order valence-corrected chi connectivity index (χ1v) is 11.0. The van der Waals surface area contributed by atoms with Crippen molar-refractivity contribution in [1.82, 2.24) is 4.90 Å². The molecule has 1 aliphatic rings. The van der Waals surface area contributed by atoms with E-state index in [2.05, 4.69) is 17.0 Å². The molecule has 2 heterocycles. The molecule has 178 valence electrons. The maximum Gasteiger partial charge on any atom is 0.306 e. The number of phenolic OH excluding ortho intramolecular Hbond substituents is 1. The summed E-state index contributed by atoms with van der Waals surface area (Å²) in [4.78, 5) is 27.0. The van der Waals surface area contributed by atoms with E-state index in [-0.39, 0.29) is 23.7 Å². The van der Waals surface area contributed by atoms with Gasteiger partial charge < -0.3 is 24.1 Å². The van der Waals surface area contributed by atoms with Crippen molar-refractivity contribution in [3.05, 3.63) is 87.0 Å². The summed E-state index contributed by atoms with van der Waals surface area (Å²) >= 11 is 0. The Bertz CT molecular complexity index is 1250. The minimum atomic E-state index is -0.823. The van der Waals surface area contributed by atoms with Crippen LogP contribution in [0.4, 0.5) is 0 Å². The standard InChI is InChI=1S/C26H27NO7/c1-32-23-11-17(7-8-21(23)28)20(13-24(30)33-2)26-25(31)22(29)12-19(34-26)15-27-10-9-16-5-3-4-6-18(16)14-27/h3-8,11-12,20,28,31H,9-10,13-15H2,1-2H3. The molecule has 0 spiro atoms. The van der Waals surface area contributed by atoms with E-state index >= 15 is 0 Å². The smallest absolute Gasteiger partial charge is 0.306 e. The van der Waals surface area contributed by atoms with Gasteiger partial charge in [0.25, 0.3) is 0 Å². The topological polar surface area (TPSA) is 109 Å². The lowest BCUT2D eigenvalue weighted by atomic mass is 9.91. The van der Waals surface area contributed by atoms with Gasteiger partial charge in [0.2, 0.25) is 11.2 Å². The van der Waals surface area contributed by atoms with Crippen LogP contribution in [0.15, 0.2) is 57.7 Å². The number of phenols is 1. The fourth-order valence-electron chi connectivity index (χ4n) is 4.30. The monoisotopic (exact) mass is 465 g/mol. The number of methoxy groups -OCH3 is 2. The van der Waals surface area contributed by atoms with E-state index in [9.17, 15) is 19.8 Å². The van der Waals surface area contributed by atoms with Crippen LogP contribution in [0.1, 0.15) is 40.5 Å². The molecule has 0 radical (unpaired) electrons. The molecule has 1 unspecified atom stereocenters. The van der Waals surface area contributed by atoms with Crippen molar-refractivity contribution >= 4 is 5.97 Å². The fraction of sp³-hybridized carbons (Fsp3) is 0.308. The highest BCUT2D eigenvalue weighted by Gasteiger charge is 2.28. The van der Waals surface area contributed by atoms with Crippen LogP contribution >= 0.6 is 0 Å². The van der Waals surface area contributed by atoms with Crippen molar-refractivity contribution in [3.8, 4) is 17.2 Å². The summed E-state index contributed by atoms with van der Waals surface area (Å²) in [6.45, 7) is 1.90. The fourth-order valence-corrected chi connectivity index (χ4v) is 4.30. The van der Waals surface area contributed by atoms with Crippen LogP contribution in [-0.2, 0) is 29.0 Å². The number of aromatic hydroxyl groups is 2. The molecule has 8 nitrogen and oxygen atoms in total. The second kappa shape index (κ2) is 10.0. The number of hydrogen-bond donors (Lipinski definition) is 2. The zero-order chi connectivity index (χ0) is 24.2. The molecule has 0 amide bonds. The van der Waals surface area contributed by atoms with Gasteiger partial charge in [-0.3, -0.25) is 14.5 Å². The number of carbonyl (C=O) groups is 1. The minimum absolute atomic E-state index is 0.0296. The predicted molar refractivity (Wildman–Crippen MR) is 124 cm³/mol. The van der Waals surface area contributed by atoms with Gasteiger partial charge in [-0.2, -0.15) is 0 Å². The molecule has 1 atom stereocenters. The van der Waals surface area contributed by atoms with Crippen LogP contribution in [0.5, 0.6) is 17.2 Å². The van der Waals surface area contributed by atoms with Crippen LogP contribution in [0, 0.1) is 0 Å². The Morgan fingerprint density at radius 1 is 1.12 bits per heavy atom. The molecular formula is C26H27NO7. The maximum absolute atomic E-state index is 12.7. The minimum Gasteiger partial charge on any atom is -0.504 e. The number of rotatable bonds is 7. The van der Waals surface area contributed by atoms with Crippen LogP contribution in [0.3, 0.4) is 0 Å². The van der Waals surface area contributed by atoms with E-state index in [0.717, 1.165) is 19.5 Å². The Kier molecular flexibility index (Phi) is 6.88. The second-order valence-corrected chi connectivity index (χ2v) is 8.28. The van der Waals surface area contributed by atoms with Crippen molar-refractivity contribution in [2.24, 2.45) is 0 Å². The molecule has 3 aromatic rings. The first-order chi connectivity index (χ1) is 16.4. The van der Waals surface area contributed by atoms with Gasteiger partial charge in [0.05, 0.1) is 33.1 Å². The van der Waals surface area contributed by atoms with E-state index in [4.69, 9.17) is 13.9 Å². The molecule has 0 bridgehead atoms. The Balaban J connectivity index is 1.69. The molecule has 0 fully saturated rings. The number of hydrogen-bond acceptors (Lipinski definition) is 8. The van der Waals surface area contributed by atoms with Crippen LogP contribution < -0.4 is 10.2 Å². The summed E-state index contributed by atoms with van der Waals surface area (Å²) in [5.74, 6) is -1.46. The predicted octanol–water partition coefficient (Wildman–Crippen LogP) is 3.31. The Hall–Kier alpha value is -3.78. The molecule has 2 N–H and O–H groups in total. The number of ether oxygens (including phenoxy) is 2. The quantitative estimate of drug-likeness (QED) is 0.512. The molecule has 1 aromatic heterocycles. The van der Waals surface area contributed by atoms with Crippen molar-refractivity contribution < 1.29 is 28.9 Å².